The molecule has 0 aliphatic carbocycles. The lowest BCUT2D eigenvalue weighted by Gasteiger charge is -2.12. The summed E-state index contributed by atoms with van der Waals surface area (Å²) in [4.78, 5) is 11.4. The minimum Gasteiger partial charge on any atom is -0.463 e. The van der Waals surface area contributed by atoms with Gasteiger partial charge in [-0.05, 0) is 39.0 Å². The van der Waals surface area contributed by atoms with Crippen LogP contribution in [0.5, 0.6) is 0 Å². The highest BCUT2D eigenvalue weighted by molar-refractivity contribution is 5.69. The van der Waals surface area contributed by atoms with E-state index in [9.17, 15) is 4.79 Å². The van der Waals surface area contributed by atoms with Crippen LogP contribution in [0.4, 0.5) is 0 Å². The first-order valence-corrected chi connectivity index (χ1v) is 6.51. The molecular weight excluding hydrogens is 200 g/mol. The van der Waals surface area contributed by atoms with E-state index in [2.05, 4.69) is 13.5 Å². The zero-order valence-corrected chi connectivity index (χ0v) is 10.8. The second kappa shape index (κ2) is 10.7. The molecule has 0 radical (unpaired) electrons. The van der Waals surface area contributed by atoms with Gasteiger partial charge >= 0.3 is 5.97 Å². The molecule has 0 aliphatic heterocycles. The lowest BCUT2D eigenvalue weighted by Crippen LogP contribution is -2.14. The van der Waals surface area contributed by atoms with Gasteiger partial charge in [-0.3, -0.25) is 4.79 Å². The molecule has 0 aliphatic rings. The summed E-state index contributed by atoms with van der Waals surface area (Å²) in [6.45, 7) is 7.79. The van der Waals surface area contributed by atoms with Crippen LogP contribution in [0, 0.1) is 0 Å². The number of hydrogen-bond donors (Lipinski definition) is 0. The lowest BCUT2D eigenvalue weighted by atomic mass is 10.1. The highest BCUT2D eigenvalue weighted by Crippen LogP contribution is 2.09. The maximum absolute atomic E-state index is 11.4. The molecule has 1 unspecified atom stereocenters. The third-order valence-corrected chi connectivity index (χ3v) is 2.59. The quantitative estimate of drug-likeness (QED) is 0.316. The monoisotopic (exact) mass is 226 g/mol. The van der Waals surface area contributed by atoms with E-state index in [4.69, 9.17) is 4.74 Å². The number of ether oxygens (including phenoxy) is 1. The normalized spacial score (nSPS) is 12.1. The summed E-state index contributed by atoms with van der Waals surface area (Å²) in [6, 6.07) is 0. The van der Waals surface area contributed by atoms with Gasteiger partial charge in [-0.15, -0.1) is 6.58 Å². The third kappa shape index (κ3) is 9.75. The van der Waals surface area contributed by atoms with Crippen LogP contribution in [0.2, 0.25) is 0 Å². The Kier molecular flexibility index (Phi) is 10.2. The molecule has 0 aromatic heterocycles. The van der Waals surface area contributed by atoms with Crippen LogP contribution in [0.15, 0.2) is 12.7 Å². The van der Waals surface area contributed by atoms with E-state index >= 15 is 0 Å². The summed E-state index contributed by atoms with van der Waals surface area (Å²) in [5.41, 5.74) is 0. The minimum atomic E-state index is -0.0373. The summed E-state index contributed by atoms with van der Waals surface area (Å²) in [5.74, 6) is -0.0373. The van der Waals surface area contributed by atoms with Crippen molar-refractivity contribution in [1.29, 1.82) is 0 Å². The summed E-state index contributed by atoms with van der Waals surface area (Å²) in [7, 11) is 0. The predicted molar refractivity (Wildman–Crippen MR) is 68.4 cm³/mol. The average Bonchev–Trinajstić information content (AvgIpc) is 2.25. The van der Waals surface area contributed by atoms with Crippen LogP contribution >= 0.6 is 0 Å². The SMILES string of the molecule is C=CCCCCC(C)OC(=O)CCCCC. The number of hydrogen-bond acceptors (Lipinski definition) is 2. The van der Waals surface area contributed by atoms with E-state index in [1.807, 2.05) is 13.0 Å². The summed E-state index contributed by atoms with van der Waals surface area (Å²) in [5, 5.41) is 0. The van der Waals surface area contributed by atoms with Gasteiger partial charge in [-0.1, -0.05) is 25.8 Å². The molecule has 0 heterocycles. The fourth-order valence-electron chi connectivity index (χ4n) is 1.58. The zero-order valence-electron chi connectivity index (χ0n) is 10.8. The van der Waals surface area contributed by atoms with Gasteiger partial charge in [0.2, 0.25) is 0 Å². The minimum absolute atomic E-state index is 0.0373. The topological polar surface area (TPSA) is 26.3 Å². The Morgan fingerprint density at radius 2 is 2.06 bits per heavy atom. The Balaban J connectivity index is 3.42. The molecule has 0 bridgehead atoms. The Morgan fingerprint density at radius 3 is 2.69 bits per heavy atom. The zero-order chi connectivity index (χ0) is 12.2. The van der Waals surface area contributed by atoms with Gasteiger partial charge in [0.25, 0.3) is 0 Å². The van der Waals surface area contributed by atoms with Crippen molar-refractivity contribution in [2.75, 3.05) is 0 Å². The Bertz CT molecular complexity index is 187. The van der Waals surface area contributed by atoms with Gasteiger partial charge in [0.05, 0.1) is 6.10 Å². The first kappa shape index (κ1) is 15.2. The van der Waals surface area contributed by atoms with Crippen molar-refractivity contribution >= 4 is 5.97 Å². The Labute approximate surface area is 100 Å². The van der Waals surface area contributed by atoms with Gasteiger partial charge < -0.3 is 4.74 Å². The maximum Gasteiger partial charge on any atom is 0.306 e. The third-order valence-electron chi connectivity index (χ3n) is 2.59. The molecule has 16 heavy (non-hydrogen) atoms. The van der Waals surface area contributed by atoms with E-state index in [1.165, 1.54) is 0 Å². The maximum atomic E-state index is 11.4. The van der Waals surface area contributed by atoms with Gasteiger partial charge in [-0.2, -0.15) is 0 Å². The molecule has 2 heteroatoms. The second-order valence-corrected chi connectivity index (χ2v) is 4.33. The van der Waals surface area contributed by atoms with E-state index in [-0.39, 0.29) is 12.1 Å². The lowest BCUT2D eigenvalue weighted by molar-refractivity contribution is -0.148. The molecule has 0 N–H and O–H groups in total. The number of esters is 1. The fraction of sp³-hybridized carbons (Fsp3) is 0.786. The van der Waals surface area contributed by atoms with E-state index in [0.717, 1.165) is 44.9 Å². The molecule has 0 aromatic rings. The molecule has 0 aromatic carbocycles. The molecule has 1 atom stereocenters. The Morgan fingerprint density at radius 1 is 1.31 bits per heavy atom. The van der Waals surface area contributed by atoms with Gasteiger partial charge in [0, 0.05) is 6.42 Å². The van der Waals surface area contributed by atoms with E-state index in [1.54, 1.807) is 0 Å². The largest absolute Gasteiger partial charge is 0.463 e. The summed E-state index contributed by atoms with van der Waals surface area (Å²) in [6.07, 6.45) is 10.1. The van der Waals surface area contributed by atoms with Crippen LogP contribution in [0.25, 0.3) is 0 Å². The smallest absolute Gasteiger partial charge is 0.306 e. The van der Waals surface area contributed by atoms with Crippen molar-refractivity contribution in [2.24, 2.45) is 0 Å². The molecule has 0 amide bonds. The first-order valence-electron chi connectivity index (χ1n) is 6.51. The number of unbranched alkanes of at least 4 members (excludes halogenated alkanes) is 4. The molecule has 0 rings (SSSR count). The average molecular weight is 226 g/mol. The van der Waals surface area contributed by atoms with Crippen molar-refractivity contribution in [3.05, 3.63) is 12.7 Å². The summed E-state index contributed by atoms with van der Waals surface area (Å²) >= 11 is 0. The molecule has 0 spiro atoms. The molecule has 0 saturated heterocycles. The molecule has 2 nitrogen and oxygen atoms in total. The number of carbonyl (C=O) groups is 1. The van der Waals surface area contributed by atoms with Crippen LogP contribution in [-0.4, -0.2) is 12.1 Å². The van der Waals surface area contributed by atoms with Crippen molar-refractivity contribution in [3.8, 4) is 0 Å². The number of allylic oxidation sites excluding steroid dienone is 1. The second-order valence-electron chi connectivity index (χ2n) is 4.33. The van der Waals surface area contributed by atoms with Crippen LogP contribution in [0.1, 0.15) is 65.2 Å². The van der Waals surface area contributed by atoms with Crippen LogP contribution in [-0.2, 0) is 9.53 Å². The number of carbonyl (C=O) groups excluding carboxylic acids is 1. The van der Waals surface area contributed by atoms with Crippen molar-refractivity contribution in [2.45, 2.75) is 71.3 Å². The van der Waals surface area contributed by atoms with Gasteiger partial charge in [0.1, 0.15) is 0 Å². The van der Waals surface area contributed by atoms with Gasteiger partial charge in [-0.25, -0.2) is 0 Å². The molecule has 94 valence electrons. The predicted octanol–water partition coefficient (Wildman–Crippen LogP) is 4.24. The van der Waals surface area contributed by atoms with Gasteiger partial charge in [0.15, 0.2) is 0 Å². The van der Waals surface area contributed by atoms with E-state index < -0.39 is 0 Å². The first-order chi connectivity index (χ1) is 7.70. The Hall–Kier alpha value is -0.790. The number of rotatable bonds is 10. The van der Waals surface area contributed by atoms with Crippen molar-refractivity contribution < 1.29 is 9.53 Å². The highest BCUT2D eigenvalue weighted by atomic mass is 16.5. The van der Waals surface area contributed by atoms with E-state index in [0.29, 0.717) is 6.42 Å². The summed E-state index contributed by atoms with van der Waals surface area (Å²) < 4.78 is 5.31. The highest BCUT2D eigenvalue weighted by Gasteiger charge is 2.08. The standard InChI is InChI=1S/C14H26O2/c1-4-6-8-10-11-13(3)16-14(15)12-9-7-5-2/h4,13H,1,5-12H2,2-3H3. The van der Waals surface area contributed by atoms with Crippen molar-refractivity contribution in [3.63, 3.8) is 0 Å². The molecule has 0 fully saturated rings. The van der Waals surface area contributed by atoms with Crippen molar-refractivity contribution in [1.82, 2.24) is 0 Å². The van der Waals surface area contributed by atoms with Crippen LogP contribution < -0.4 is 0 Å². The molecule has 0 saturated carbocycles. The van der Waals surface area contributed by atoms with Crippen LogP contribution in [0.3, 0.4) is 0 Å². The molecular formula is C14H26O2. The fourth-order valence-corrected chi connectivity index (χ4v) is 1.58.